The number of carbonyl (C=O) groups is 2. The molecule has 108 valence electrons. The van der Waals surface area contributed by atoms with Crippen molar-refractivity contribution in [1.82, 2.24) is 0 Å². The van der Waals surface area contributed by atoms with Gasteiger partial charge in [-0.1, -0.05) is 24.3 Å². The van der Waals surface area contributed by atoms with E-state index in [1.807, 2.05) is 0 Å². The topological polar surface area (TPSA) is 110 Å². The Hall–Kier alpha value is -3.02. The van der Waals surface area contributed by atoms with Crippen LogP contribution in [0.5, 0.6) is 0 Å². The second-order valence-electron chi connectivity index (χ2n) is 4.35. The molecule has 2 aromatic rings. The molecule has 0 bridgehead atoms. The molecule has 21 heavy (non-hydrogen) atoms. The second kappa shape index (κ2) is 6.42. The molecular formula is C15H16N4O2. The summed E-state index contributed by atoms with van der Waals surface area (Å²) in [5.74, 6) is -1.01. The maximum Gasteiger partial charge on any atom is 0.250 e. The molecule has 6 heteroatoms. The van der Waals surface area contributed by atoms with Gasteiger partial charge >= 0.3 is 0 Å². The van der Waals surface area contributed by atoms with Crippen LogP contribution >= 0.6 is 0 Å². The van der Waals surface area contributed by atoms with Gasteiger partial charge < -0.3 is 22.1 Å². The zero-order valence-electron chi connectivity index (χ0n) is 11.3. The summed E-state index contributed by atoms with van der Waals surface area (Å²) >= 11 is 0. The highest BCUT2D eigenvalue weighted by Crippen LogP contribution is 2.16. The van der Waals surface area contributed by atoms with Gasteiger partial charge in [-0.25, -0.2) is 0 Å². The van der Waals surface area contributed by atoms with E-state index in [2.05, 4.69) is 10.6 Å². The third-order valence-corrected chi connectivity index (χ3v) is 2.94. The van der Waals surface area contributed by atoms with Gasteiger partial charge in [-0.3, -0.25) is 9.59 Å². The Morgan fingerprint density at radius 2 is 1.14 bits per heavy atom. The molecule has 6 nitrogen and oxygen atoms in total. The predicted molar refractivity (Wildman–Crippen MR) is 82.0 cm³/mol. The van der Waals surface area contributed by atoms with Crippen LogP contribution in [-0.2, 0) is 0 Å². The van der Waals surface area contributed by atoms with Crippen LogP contribution in [0.25, 0.3) is 0 Å². The van der Waals surface area contributed by atoms with E-state index in [0.717, 1.165) is 0 Å². The molecule has 0 spiro atoms. The number of hydrogen-bond acceptors (Lipinski definition) is 4. The fourth-order valence-electron chi connectivity index (χ4n) is 1.94. The summed E-state index contributed by atoms with van der Waals surface area (Å²) in [6, 6.07) is 13.9. The van der Waals surface area contributed by atoms with Gasteiger partial charge in [-0.05, 0) is 24.3 Å². The Labute approximate surface area is 122 Å². The van der Waals surface area contributed by atoms with Crippen LogP contribution in [-0.4, -0.2) is 18.5 Å². The van der Waals surface area contributed by atoms with Gasteiger partial charge in [0.1, 0.15) is 0 Å². The lowest BCUT2D eigenvalue weighted by atomic mass is 10.1. The standard InChI is InChI=1S/C15H16N4O2/c16-14(20)10-5-1-3-7-12(10)18-9-19-13-8-4-2-6-11(13)15(17)21/h1-8,18-19H,9H2,(H2,16,20)(H2,17,21). The number of rotatable bonds is 6. The highest BCUT2D eigenvalue weighted by atomic mass is 16.1. The van der Waals surface area contributed by atoms with Crippen molar-refractivity contribution in [2.45, 2.75) is 0 Å². The number of hydrogen-bond donors (Lipinski definition) is 4. The van der Waals surface area contributed by atoms with Crippen LogP contribution < -0.4 is 22.1 Å². The summed E-state index contributed by atoms with van der Waals surface area (Å²) in [5.41, 5.74) is 12.7. The number of nitrogens with two attached hydrogens (primary N) is 2. The summed E-state index contributed by atoms with van der Waals surface area (Å²) in [6.45, 7) is 0.314. The Balaban J connectivity index is 2.06. The normalized spacial score (nSPS) is 9.90. The Morgan fingerprint density at radius 1 is 0.762 bits per heavy atom. The Morgan fingerprint density at radius 3 is 1.52 bits per heavy atom. The van der Waals surface area contributed by atoms with Gasteiger partial charge in [0.25, 0.3) is 11.8 Å². The number of amides is 2. The number of nitrogens with one attached hydrogen (secondary N) is 2. The molecule has 0 aliphatic rings. The molecule has 0 aliphatic carbocycles. The average molecular weight is 284 g/mol. The highest BCUT2D eigenvalue weighted by molar-refractivity contribution is 5.99. The summed E-state index contributed by atoms with van der Waals surface area (Å²) < 4.78 is 0. The van der Waals surface area contributed by atoms with Crippen molar-refractivity contribution >= 4 is 23.2 Å². The lowest BCUT2D eigenvalue weighted by molar-refractivity contribution is 0.0992. The van der Waals surface area contributed by atoms with E-state index in [1.165, 1.54) is 0 Å². The van der Waals surface area contributed by atoms with E-state index in [9.17, 15) is 9.59 Å². The number of carbonyl (C=O) groups excluding carboxylic acids is 2. The Bertz CT molecular complexity index is 613. The zero-order valence-corrected chi connectivity index (χ0v) is 11.3. The van der Waals surface area contributed by atoms with Crippen molar-refractivity contribution < 1.29 is 9.59 Å². The summed E-state index contributed by atoms with van der Waals surface area (Å²) in [7, 11) is 0. The van der Waals surface area contributed by atoms with E-state index >= 15 is 0 Å². The molecule has 2 rings (SSSR count). The van der Waals surface area contributed by atoms with Crippen molar-refractivity contribution in [3.05, 3.63) is 59.7 Å². The second-order valence-corrected chi connectivity index (χ2v) is 4.35. The minimum atomic E-state index is -0.504. The van der Waals surface area contributed by atoms with Crippen molar-refractivity contribution in [3.8, 4) is 0 Å². The van der Waals surface area contributed by atoms with Crippen molar-refractivity contribution in [1.29, 1.82) is 0 Å². The lowest BCUT2D eigenvalue weighted by Gasteiger charge is -2.13. The maximum atomic E-state index is 11.3. The van der Waals surface area contributed by atoms with Crippen LogP contribution in [0.4, 0.5) is 11.4 Å². The van der Waals surface area contributed by atoms with Gasteiger partial charge in [0.2, 0.25) is 0 Å². The Kier molecular flexibility index (Phi) is 4.40. The predicted octanol–water partition coefficient (Wildman–Crippen LogP) is 1.37. The van der Waals surface area contributed by atoms with E-state index in [0.29, 0.717) is 29.2 Å². The number of benzene rings is 2. The van der Waals surface area contributed by atoms with Crippen molar-refractivity contribution in [2.24, 2.45) is 11.5 Å². The first kappa shape index (κ1) is 14.4. The van der Waals surface area contributed by atoms with Crippen LogP contribution in [0.15, 0.2) is 48.5 Å². The van der Waals surface area contributed by atoms with Gasteiger partial charge in [-0.15, -0.1) is 0 Å². The first-order valence-corrected chi connectivity index (χ1v) is 6.35. The van der Waals surface area contributed by atoms with Crippen LogP contribution in [0.2, 0.25) is 0 Å². The van der Waals surface area contributed by atoms with E-state index < -0.39 is 11.8 Å². The molecule has 0 saturated carbocycles. The fraction of sp³-hybridized carbons (Fsp3) is 0.0667. The van der Waals surface area contributed by atoms with Crippen molar-refractivity contribution in [2.75, 3.05) is 17.3 Å². The lowest BCUT2D eigenvalue weighted by Crippen LogP contribution is -2.19. The van der Waals surface area contributed by atoms with E-state index in [4.69, 9.17) is 11.5 Å². The molecule has 0 atom stereocenters. The third-order valence-electron chi connectivity index (χ3n) is 2.94. The summed E-state index contributed by atoms with van der Waals surface area (Å²) in [5, 5.41) is 6.09. The van der Waals surface area contributed by atoms with Crippen LogP contribution in [0, 0.1) is 0 Å². The van der Waals surface area contributed by atoms with Gasteiger partial charge in [0.15, 0.2) is 0 Å². The fourth-order valence-corrected chi connectivity index (χ4v) is 1.94. The van der Waals surface area contributed by atoms with Gasteiger partial charge in [0, 0.05) is 11.4 Å². The molecule has 0 saturated heterocycles. The highest BCUT2D eigenvalue weighted by Gasteiger charge is 2.08. The molecule has 0 fully saturated rings. The van der Waals surface area contributed by atoms with E-state index in [1.54, 1.807) is 48.5 Å². The minimum Gasteiger partial charge on any atom is -0.367 e. The first-order chi connectivity index (χ1) is 10.1. The third kappa shape index (κ3) is 3.50. The molecule has 0 heterocycles. The molecule has 0 aliphatic heterocycles. The summed E-state index contributed by atoms with van der Waals surface area (Å²) in [6.07, 6.45) is 0. The van der Waals surface area contributed by atoms with Gasteiger partial charge in [0.05, 0.1) is 17.8 Å². The van der Waals surface area contributed by atoms with E-state index in [-0.39, 0.29) is 0 Å². The van der Waals surface area contributed by atoms with Crippen LogP contribution in [0.1, 0.15) is 20.7 Å². The number of para-hydroxylation sites is 2. The number of primary amides is 2. The molecule has 0 unspecified atom stereocenters. The first-order valence-electron chi connectivity index (χ1n) is 6.35. The molecule has 6 N–H and O–H groups in total. The molecule has 0 aromatic heterocycles. The van der Waals surface area contributed by atoms with Crippen LogP contribution in [0.3, 0.4) is 0 Å². The smallest absolute Gasteiger partial charge is 0.250 e. The molecular weight excluding hydrogens is 268 g/mol. The quantitative estimate of drug-likeness (QED) is 0.600. The zero-order chi connectivity index (χ0) is 15.2. The van der Waals surface area contributed by atoms with Crippen molar-refractivity contribution in [3.63, 3.8) is 0 Å². The maximum absolute atomic E-state index is 11.3. The molecule has 2 amide bonds. The monoisotopic (exact) mass is 284 g/mol. The SMILES string of the molecule is NC(=O)c1ccccc1NCNc1ccccc1C(N)=O. The molecule has 2 aromatic carbocycles. The number of anilines is 2. The summed E-state index contributed by atoms with van der Waals surface area (Å²) in [4.78, 5) is 22.6. The average Bonchev–Trinajstić information content (AvgIpc) is 2.48. The molecule has 0 radical (unpaired) electrons. The largest absolute Gasteiger partial charge is 0.367 e. The minimum absolute atomic E-state index is 0.314. The van der Waals surface area contributed by atoms with Gasteiger partial charge in [-0.2, -0.15) is 0 Å².